The number of nitrogens with zero attached hydrogens (tertiary/aromatic N) is 1. The van der Waals surface area contributed by atoms with Gasteiger partial charge in [-0.15, -0.1) is 0 Å². The summed E-state index contributed by atoms with van der Waals surface area (Å²) in [7, 11) is -3.80. The van der Waals surface area contributed by atoms with Crippen LogP contribution in [0.1, 0.15) is 11.1 Å². The number of ether oxygens (including phenoxy) is 2. The first-order valence-electron chi connectivity index (χ1n) is 13.0. The zero-order valence-electron chi connectivity index (χ0n) is 22.3. The van der Waals surface area contributed by atoms with Crippen molar-refractivity contribution in [3.8, 4) is 11.5 Å². The normalized spacial score (nSPS) is 14.4. The number of hydrogen-bond donors (Lipinski definition) is 2. The third-order valence-electron chi connectivity index (χ3n) is 6.44. The van der Waals surface area contributed by atoms with Gasteiger partial charge in [0.05, 0.1) is 17.1 Å². The second kappa shape index (κ2) is 12.1. The molecule has 0 aromatic heterocycles. The number of fused-ring (bicyclic) bond motifs is 1. The van der Waals surface area contributed by atoms with Gasteiger partial charge in [-0.3, -0.25) is 14.3 Å². The number of nitrogens with one attached hydrogen (secondary N) is 2. The topological polar surface area (TPSA) is 114 Å². The smallest absolute Gasteiger partial charge is 0.265 e. The van der Waals surface area contributed by atoms with E-state index in [4.69, 9.17) is 9.47 Å². The van der Waals surface area contributed by atoms with Crippen LogP contribution in [-0.2, 0) is 26.2 Å². The highest BCUT2D eigenvalue weighted by Gasteiger charge is 2.33. The molecular weight excluding hydrogens is 542 g/mol. The van der Waals surface area contributed by atoms with Gasteiger partial charge in [-0.25, -0.2) is 8.42 Å². The van der Waals surface area contributed by atoms with E-state index in [9.17, 15) is 18.0 Å². The highest BCUT2D eigenvalue weighted by Crippen LogP contribution is 2.33. The molecule has 4 aromatic rings. The molecule has 0 bridgehead atoms. The fraction of sp³-hybridized carbons (Fsp3) is 0.161. The molecule has 2 N–H and O–H groups in total. The summed E-state index contributed by atoms with van der Waals surface area (Å²) in [6.07, 6.45) is -0.900. The number of benzene rings is 4. The molecule has 9 nitrogen and oxygen atoms in total. The molecule has 0 radical (unpaired) electrons. The standard InChI is InChI=1S/C31H29N3O6S/c1-22-8-7-11-24(18-22)33-41(37,38)26-16-14-25(15-17-26)39-21-30(35)34-20-29(40-28-13-6-5-12-27(28)34)31(36)32-19-23-9-3-2-4-10-23/h2-18,29,33H,19-21H2,1H3,(H,32,36)/t29-/m1/s1. The molecule has 210 valence electrons. The van der Waals surface area contributed by atoms with E-state index in [1.54, 1.807) is 42.5 Å². The Labute approximate surface area is 238 Å². The fourth-order valence-electron chi connectivity index (χ4n) is 4.37. The van der Waals surface area contributed by atoms with Crippen LogP contribution in [-0.4, -0.2) is 39.5 Å². The molecule has 1 atom stereocenters. The summed E-state index contributed by atoms with van der Waals surface area (Å²) in [5.41, 5.74) is 2.88. The molecule has 1 aliphatic heterocycles. The van der Waals surface area contributed by atoms with Crippen molar-refractivity contribution < 1.29 is 27.5 Å². The summed E-state index contributed by atoms with van der Waals surface area (Å²) in [4.78, 5) is 27.7. The quantitative estimate of drug-likeness (QED) is 0.310. The van der Waals surface area contributed by atoms with Crippen molar-refractivity contribution in [2.24, 2.45) is 0 Å². The third-order valence-corrected chi connectivity index (χ3v) is 7.84. The number of carbonyl (C=O) groups is 2. The second-order valence-electron chi connectivity index (χ2n) is 9.52. The summed E-state index contributed by atoms with van der Waals surface area (Å²) in [5.74, 6) is 0.0340. The lowest BCUT2D eigenvalue weighted by Gasteiger charge is -2.34. The van der Waals surface area contributed by atoms with E-state index < -0.39 is 16.1 Å². The third kappa shape index (κ3) is 6.85. The summed E-state index contributed by atoms with van der Waals surface area (Å²) in [5, 5.41) is 2.86. The summed E-state index contributed by atoms with van der Waals surface area (Å²) >= 11 is 0. The Morgan fingerprint density at radius 1 is 0.927 bits per heavy atom. The van der Waals surface area contributed by atoms with E-state index in [1.807, 2.05) is 43.3 Å². The molecule has 4 aromatic carbocycles. The molecule has 0 spiro atoms. The van der Waals surface area contributed by atoms with Crippen molar-refractivity contribution in [2.75, 3.05) is 22.8 Å². The number of aryl methyl sites for hydroxylation is 1. The first-order chi connectivity index (χ1) is 19.8. The van der Waals surface area contributed by atoms with Gasteiger partial charge in [0.15, 0.2) is 12.7 Å². The minimum atomic E-state index is -3.80. The zero-order chi connectivity index (χ0) is 28.8. The SMILES string of the molecule is Cc1cccc(NS(=O)(=O)c2ccc(OCC(=O)N3C[C@H](C(=O)NCc4ccccc4)Oc4ccccc43)cc2)c1. The number of para-hydroxylation sites is 2. The van der Waals surface area contributed by atoms with Crippen LogP contribution in [0.4, 0.5) is 11.4 Å². The maximum Gasteiger partial charge on any atom is 0.265 e. The Morgan fingerprint density at radius 2 is 1.66 bits per heavy atom. The van der Waals surface area contributed by atoms with Crippen LogP contribution in [0.15, 0.2) is 108 Å². The number of anilines is 2. The second-order valence-corrected chi connectivity index (χ2v) is 11.2. The highest BCUT2D eigenvalue weighted by molar-refractivity contribution is 7.92. The first kappa shape index (κ1) is 27.7. The summed E-state index contributed by atoms with van der Waals surface area (Å²) in [6, 6.07) is 29.4. The van der Waals surface area contributed by atoms with E-state index in [1.165, 1.54) is 29.2 Å². The van der Waals surface area contributed by atoms with Crippen molar-refractivity contribution in [3.63, 3.8) is 0 Å². The minimum absolute atomic E-state index is 0.0155. The lowest BCUT2D eigenvalue weighted by Crippen LogP contribution is -2.51. The van der Waals surface area contributed by atoms with Gasteiger partial charge in [0.25, 0.3) is 21.8 Å². The van der Waals surface area contributed by atoms with Gasteiger partial charge in [0.1, 0.15) is 11.5 Å². The van der Waals surface area contributed by atoms with E-state index >= 15 is 0 Å². The molecular formula is C31H29N3O6S. The molecule has 2 amide bonds. The van der Waals surface area contributed by atoms with Crippen molar-refractivity contribution >= 4 is 33.2 Å². The molecule has 41 heavy (non-hydrogen) atoms. The average molecular weight is 572 g/mol. The molecule has 0 saturated heterocycles. The molecule has 1 aliphatic rings. The van der Waals surface area contributed by atoms with Crippen molar-refractivity contribution in [3.05, 3.63) is 114 Å². The average Bonchev–Trinajstić information content (AvgIpc) is 2.98. The van der Waals surface area contributed by atoms with Crippen LogP contribution < -0.4 is 24.4 Å². The lowest BCUT2D eigenvalue weighted by atomic mass is 10.1. The summed E-state index contributed by atoms with van der Waals surface area (Å²) < 4.78 is 39.7. The molecule has 1 heterocycles. The Kier molecular flexibility index (Phi) is 8.21. The molecule has 10 heteroatoms. The number of carbonyl (C=O) groups excluding carboxylic acids is 2. The van der Waals surface area contributed by atoms with E-state index in [-0.39, 0.29) is 29.9 Å². The van der Waals surface area contributed by atoms with E-state index in [0.29, 0.717) is 29.4 Å². The highest BCUT2D eigenvalue weighted by atomic mass is 32.2. The molecule has 0 aliphatic carbocycles. The Morgan fingerprint density at radius 3 is 2.41 bits per heavy atom. The van der Waals surface area contributed by atoms with Crippen LogP contribution in [0, 0.1) is 6.92 Å². The van der Waals surface area contributed by atoms with Crippen molar-refractivity contribution in [1.82, 2.24) is 5.32 Å². The van der Waals surface area contributed by atoms with Crippen molar-refractivity contribution in [2.45, 2.75) is 24.5 Å². The van der Waals surface area contributed by atoms with Crippen LogP contribution >= 0.6 is 0 Å². The first-order valence-corrected chi connectivity index (χ1v) is 14.5. The maximum atomic E-state index is 13.2. The van der Waals surface area contributed by atoms with Crippen LogP contribution in [0.3, 0.4) is 0 Å². The number of amides is 2. The Hall–Kier alpha value is -4.83. The predicted molar refractivity (Wildman–Crippen MR) is 155 cm³/mol. The van der Waals surface area contributed by atoms with Gasteiger partial charge in [-0.1, -0.05) is 54.6 Å². The van der Waals surface area contributed by atoms with Crippen LogP contribution in [0.5, 0.6) is 11.5 Å². The number of hydrogen-bond acceptors (Lipinski definition) is 6. The Balaban J connectivity index is 1.22. The van der Waals surface area contributed by atoms with Crippen LogP contribution in [0.2, 0.25) is 0 Å². The molecule has 0 unspecified atom stereocenters. The van der Waals surface area contributed by atoms with E-state index in [0.717, 1.165) is 11.1 Å². The van der Waals surface area contributed by atoms with E-state index in [2.05, 4.69) is 10.0 Å². The maximum absolute atomic E-state index is 13.2. The molecule has 0 fully saturated rings. The minimum Gasteiger partial charge on any atom is -0.484 e. The Bertz CT molecular complexity index is 1640. The number of rotatable bonds is 9. The largest absolute Gasteiger partial charge is 0.484 e. The van der Waals surface area contributed by atoms with Gasteiger partial charge in [0, 0.05) is 12.2 Å². The van der Waals surface area contributed by atoms with Gasteiger partial charge in [-0.05, 0) is 66.6 Å². The molecule has 0 saturated carbocycles. The lowest BCUT2D eigenvalue weighted by molar-refractivity contribution is -0.128. The zero-order valence-corrected chi connectivity index (χ0v) is 23.1. The summed E-state index contributed by atoms with van der Waals surface area (Å²) in [6.45, 7) is 1.91. The molecule has 5 rings (SSSR count). The van der Waals surface area contributed by atoms with Crippen molar-refractivity contribution in [1.29, 1.82) is 0 Å². The fourth-order valence-corrected chi connectivity index (χ4v) is 5.42. The van der Waals surface area contributed by atoms with Gasteiger partial charge < -0.3 is 19.7 Å². The van der Waals surface area contributed by atoms with Gasteiger partial charge in [-0.2, -0.15) is 0 Å². The van der Waals surface area contributed by atoms with Crippen LogP contribution in [0.25, 0.3) is 0 Å². The monoisotopic (exact) mass is 571 g/mol. The number of sulfonamides is 1. The predicted octanol–water partition coefficient (Wildman–Crippen LogP) is 4.29. The van der Waals surface area contributed by atoms with Gasteiger partial charge >= 0.3 is 0 Å². The van der Waals surface area contributed by atoms with Gasteiger partial charge in [0.2, 0.25) is 0 Å².